The monoisotopic (exact) mass is 301 g/mol. The standard InChI is InChI=1S/C9H5BrClN3S/c10-7-3-6(11)4-14-9(7)15-8-5-12-1-2-13-8/h1-5H. The first-order valence-corrected chi connectivity index (χ1v) is 5.99. The highest BCUT2D eigenvalue weighted by atomic mass is 79.9. The summed E-state index contributed by atoms with van der Waals surface area (Å²) in [5.41, 5.74) is 0. The summed E-state index contributed by atoms with van der Waals surface area (Å²) in [6, 6.07) is 1.80. The summed E-state index contributed by atoms with van der Waals surface area (Å²) in [4.78, 5) is 12.3. The van der Waals surface area contributed by atoms with E-state index in [9.17, 15) is 0 Å². The number of nitrogens with zero attached hydrogens (tertiary/aromatic N) is 3. The molecule has 0 fully saturated rings. The van der Waals surface area contributed by atoms with E-state index in [0.717, 1.165) is 14.5 Å². The van der Waals surface area contributed by atoms with Gasteiger partial charge in [0.05, 0.1) is 15.7 Å². The van der Waals surface area contributed by atoms with E-state index in [2.05, 4.69) is 30.9 Å². The summed E-state index contributed by atoms with van der Waals surface area (Å²) in [7, 11) is 0. The van der Waals surface area contributed by atoms with Crippen molar-refractivity contribution in [2.24, 2.45) is 0 Å². The van der Waals surface area contributed by atoms with Gasteiger partial charge in [0.1, 0.15) is 10.1 Å². The molecular formula is C9H5BrClN3S. The van der Waals surface area contributed by atoms with E-state index in [1.807, 2.05) is 0 Å². The molecule has 2 rings (SSSR count). The van der Waals surface area contributed by atoms with Crippen molar-refractivity contribution in [1.29, 1.82) is 0 Å². The van der Waals surface area contributed by atoms with E-state index in [1.54, 1.807) is 30.9 Å². The molecule has 3 nitrogen and oxygen atoms in total. The third kappa shape index (κ3) is 2.90. The molecule has 6 heteroatoms. The maximum atomic E-state index is 5.79. The fourth-order valence-electron chi connectivity index (χ4n) is 0.914. The fraction of sp³-hybridized carbons (Fsp3) is 0. The molecule has 0 aliphatic carbocycles. The number of pyridine rings is 1. The van der Waals surface area contributed by atoms with E-state index in [0.29, 0.717) is 5.02 Å². The summed E-state index contributed by atoms with van der Waals surface area (Å²) >= 11 is 10.6. The second kappa shape index (κ2) is 4.92. The average Bonchev–Trinajstić information content (AvgIpc) is 2.24. The Labute approximate surface area is 104 Å². The second-order valence-electron chi connectivity index (χ2n) is 2.59. The quantitative estimate of drug-likeness (QED) is 0.852. The van der Waals surface area contributed by atoms with Crippen molar-refractivity contribution >= 4 is 39.3 Å². The van der Waals surface area contributed by atoms with Crippen LogP contribution in [0.3, 0.4) is 0 Å². The Morgan fingerprint density at radius 3 is 2.73 bits per heavy atom. The Bertz CT molecular complexity index is 466. The maximum absolute atomic E-state index is 5.79. The normalized spacial score (nSPS) is 10.3. The molecule has 0 unspecified atom stereocenters. The lowest BCUT2D eigenvalue weighted by molar-refractivity contribution is 1.04. The van der Waals surface area contributed by atoms with E-state index < -0.39 is 0 Å². The summed E-state index contributed by atoms with van der Waals surface area (Å²) < 4.78 is 0.852. The number of rotatable bonds is 2. The van der Waals surface area contributed by atoms with Crippen LogP contribution in [-0.2, 0) is 0 Å². The van der Waals surface area contributed by atoms with Crippen LogP contribution in [0.25, 0.3) is 0 Å². The predicted octanol–water partition coefficient (Wildman–Crippen LogP) is 3.44. The first-order chi connectivity index (χ1) is 7.25. The lowest BCUT2D eigenvalue weighted by Crippen LogP contribution is -1.85. The minimum atomic E-state index is 0.602. The Morgan fingerprint density at radius 2 is 2.07 bits per heavy atom. The lowest BCUT2D eigenvalue weighted by atomic mass is 10.5. The summed E-state index contributed by atoms with van der Waals surface area (Å²) in [6.45, 7) is 0. The molecule has 2 heterocycles. The molecule has 0 atom stereocenters. The summed E-state index contributed by atoms with van der Waals surface area (Å²) in [6.07, 6.45) is 6.57. The first-order valence-electron chi connectivity index (χ1n) is 4.00. The Hall–Kier alpha value is -0.650. The van der Waals surface area contributed by atoms with Crippen LogP contribution in [0.5, 0.6) is 0 Å². The van der Waals surface area contributed by atoms with Crippen LogP contribution < -0.4 is 0 Å². The van der Waals surface area contributed by atoms with E-state index in [4.69, 9.17) is 11.6 Å². The van der Waals surface area contributed by atoms with E-state index >= 15 is 0 Å². The smallest absolute Gasteiger partial charge is 0.121 e. The van der Waals surface area contributed by atoms with Crippen molar-refractivity contribution in [3.05, 3.63) is 40.3 Å². The van der Waals surface area contributed by atoms with Gasteiger partial charge in [-0.15, -0.1) is 0 Å². The minimum Gasteiger partial charge on any atom is -0.260 e. The van der Waals surface area contributed by atoms with Crippen molar-refractivity contribution in [1.82, 2.24) is 15.0 Å². The molecular weight excluding hydrogens is 298 g/mol. The molecule has 0 amide bonds. The van der Waals surface area contributed by atoms with Gasteiger partial charge in [-0.05, 0) is 33.8 Å². The molecule has 15 heavy (non-hydrogen) atoms. The predicted molar refractivity (Wildman–Crippen MR) is 63.1 cm³/mol. The molecule has 0 aliphatic heterocycles. The molecule has 0 bridgehead atoms. The zero-order valence-electron chi connectivity index (χ0n) is 7.39. The van der Waals surface area contributed by atoms with E-state index in [1.165, 1.54) is 11.8 Å². The molecule has 0 saturated carbocycles. The van der Waals surface area contributed by atoms with Gasteiger partial charge in [-0.25, -0.2) is 9.97 Å². The van der Waals surface area contributed by atoms with Crippen molar-refractivity contribution in [2.45, 2.75) is 10.1 Å². The number of hydrogen-bond acceptors (Lipinski definition) is 4. The molecule has 0 aromatic carbocycles. The highest BCUT2D eigenvalue weighted by Gasteiger charge is 2.05. The van der Waals surface area contributed by atoms with Gasteiger partial charge in [0, 0.05) is 18.6 Å². The molecule has 76 valence electrons. The Balaban J connectivity index is 2.25. The third-order valence-corrected chi connectivity index (χ3v) is 3.53. The molecule has 0 radical (unpaired) electrons. The van der Waals surface area contributed by atoms with Crippen LogP contribution in [-0.4, -0.2) is 15.0 Å². The van der Waals surface area contributed by atoms with Crippen LogP contribution in [0.15, 0.2) is 45.4 Å². The summed E-state index contributed by atoms with van der Waals surface area (Å²) in [5.74, 6) is 0. The Kier molecular flexibility index (Phi) is 3.56. The topological polar surface area (TPSA) is 38.7 Å². The van der Waals surface area contributed by atoms with Crippen LogP contribution in [0, 0.1) is 0 Å². The van der Waals surface area contributed by atoms with Gasteiger partial charge in [0.25, 0.3) is 0 Å². The van der Waals surface area contributed by atoms with Gasteiger partial charge in [-0.2, -0.15) is 0 Å². The van der Waals surface area contributed by atoms with Crippen molar-refractivity contribution < 1.29 is 0 Å². The van der Waals surface area contributed by atoms with Gasteiger partial charge < -0.3 is 0 Å². The molecule has 0 saturated heterocycles. The minimum absolute atomic E-state index is 0.602. The second-order valence-corrected chi connectivity index (χ2v) is 4.89. The van der Waals surface area contributed by atoms with Crippen molar-refractivity contribution in [3.63, 3.8) is 0 Å². The van der Waals surface area contributed by atoms with Gasteiger partial charge in [0.2, 0.25) is 0 Å². The number of aromatic nitrogens is 3. The van der Waals surface area contributed by atoms with Gasteiger partial charge >= 0.3 is 0 Å². The fourth-order valence-corrected chi connectivity index (χ4v) is 2.48. The Morgan fingerprint density at radius 1 is 1.20 bits per heavy atom. The number of hydrogen-bond donors (Lipinski definition) is 0. The average molecular weight is 303 g/mol. The zero-order chi connectivity index (χ0) is 10.7. The largest absolute Gasteiger partial charge is 0.260 e. The molecule has 0 spiro atoms. The van der Waals surface area contributed by atoms with Crippen LogP contribution in [0.4, 0.5) is 0 Å². The van der Waals surface area contributed by atoms with Gasteiger partial charge in [-0.1, -0.05) is 11.6 Å². The number of halogens is 2. The molecule has 0 aliphatic rings. The zero-order valence-corrected chi connectivity index (χ0v) is 10.6. The molecule has 0 N–H and O–H groups in total. The highest BCUT2D eigenvalue weighted by Crippen LogP contribution is 2.31. The SMILES string of the molecule is Clc1cnc(Sc2cnccn2)c(Br)c1. The third-order valence-electron chi connectivity index (χ3n) is 1.51. The van der Waals surface area contributed by atoms with Crippen LogP contribution >= 0.6 is 39.3 Å². The first kappa shape index (κ1) is 10.9. The van der Waals surface area contributed by atoms with Gasteiger partial charge in [-0.3, -0.25) is 4.98 Å². The van der Waals surface area contributed by atoms with Crippen LogP contribution in [0.2, 0.25) is 5.02 Å². The molecule has 2 aromatic rings. The summed E-state index contributed by atoms with van der Waals surface area (Å²) in [5, 5.41) is 2.22. The van der Waals surface area contributed by atoms with Gasteiger partial charge in [0.15, 0.2) is 0 Å². The van der Waals surface area contributed by atoms with Crippen LogP contribution in [0.1, 0.15) is 0 Å². The highest BCUT2D eigenvalue weighted by molar-refractivity contribution is 9.10. The van der Waals surface area contributed by atoms with Crippen molar-refractivity contribution in [3.8, 4) is 0 Å². The lowest BCUT2D eigenvalue weighted by Gasteiger charge is -2.01. The van der Waals surface area contributed by atoms with Crippen molar-refractivity contribution in [2.75, 3.05) is 0 Å². The molecule has 2 aromatic heterocycles. The maximum Gasteiger partial charge on any atom is 0.121 e. The van der Waals surface area contributed by atoms with E-state index in [-0.39, 0.29) is 0 Å².